The first-order valence-electron chi connectivity index (χ1n) is 24.3. The number of aryl methyl sites for hydroxylation is 1. The van der Waals surface area contributed by atoms with Crippen LogP contribution in [0.3, 0.4) is 0 Å². The number of hydrogen-bond acceptors (Lipinski definition) is 11. The number of pyridine rings is 1. The minimum Gasteiger partial charge on any atom is -0.508 e. The van der Waals surface area contributed by atoms with Crippen LogP contribution in [0.1, 0.15) is 90.2 Å². The van der Waals surface area contributed by atoms with E-state index >= 15 is 0 Å². The first-order valence-corrected chi connectivity index (χ1v) is 24.3. The van der Waals surface area contributed by atoms with E-state index in [0.717, 1.165) is 70.5 Å². The third-order valence-electron chi connectivity index (χ3n) is 14.7. The quantitative estimate of drug-likeness (QED) is 0.125. The number of amides is 3. The highest BCUT2D eigenvalue weighted by molar-refractivity contribution is 5.96. The number of carbonyl (C=O) groups is 4. The van der Waals surface area contributed by atoms with Crippen LogP contribution in [0.2, 0.25) is 0 Å². The van der Waals surface area contributed by atoms with E-state index in [0.29, 0.717) is 57.5 Å². The third-order valence-corrected chi connectivity index (χ3v) is 14.7. The van der Waals surface area contributed by atoms with Crippen LogP contribution in [0.15, 0.2) is 54.7 Å². The number of carbonyl (C=O) groups excluding carboxylic acids is 4. The third kappa shape index (κ3) is 9.44. The fraction of sp³-hybridized carbons (Fsp3) is 0.558. The van der Waals surface area contributed by atoms with Crippen molar-refractivity contribution in [3.8, 4) is 28.1 Å². The SMILES string of the molecule is CCn1c(-c2cccnc2[C@H](C)OC)c2c3cc(ccc31)-c1cc(O)cc(c1)C[C@H](NC(=O)[C@H](C(C)C)N1CCCC3(CN(C(=O)[C@@H]4CN4)C3)C1)C(=O)N1CCC[C@H](N1)C(=O)OCC(C)(C)C2. The van der Waals surface area contributed by atoms with Gasteiger partial charge in [0.25, 0.3) is 5.91 Å². The number of hydrazine groups is 1. The number of phenolic OH excluding ortho intramolecular Hbond substituents is 1. The molecule has 4 aromatic rings. The molecule has 0 unspecified atom stereocenters. The Kier molecular flexibility index (Phi) is 13.0. The topological polar surface area (TPSA) is 181 Å². The number of hydrogen-bond donors (Lipinski definition) is 4. The van der Waals surface area contributed by atoms with Crippen molar-refractivity contribution in [1.29, 1.82) is 0 Å². The normalized spacial score (nSPS) is 23.9. The molecule has 7 heterocycles. The predicted octanol–water partition coefficient (Wildman–Crippen LogP) is 5.37. The lowest BCUT2D eigenvalue weighted by atomic mass is 9.72. The second-order valence-electron chi connectivity index (χ2n) is 21.0. The Morgan fingerprint density at radius 3 is 2.55 bits per heavy atom. The maximum absolute atomic E-state index is 14.8. The van der Waals surface area contributed by atoms with Gasteiger partial charge in [0.15, 0.2) is 0 Å². The van der Waals surface area contributed by atoms with Crippen molar-refractivity contribution in [3.05, 3.63) is 71.5 Å². The predicted molar refractivity (Wildman–Crippen MR) is 256 cm³/mol. The standard InChI is InChI=1S/C52H68N8O7/c1-8-59-43-15-14-34-24-38(43)39(46(59)37-12-9-17-53-44(37)32(4)66-7)25-51(5,6)30-67-50(65)40-13-10-19-60(56-40)49(64)41(22-33-20-35(34)23-36(61)21-33)55-47(62)45(31(2)3)57-18-11-16-52(27-57)28-58(29-52)48(63)42-26-54-42/h9,12,14-15,17,20-21,23-24,31-32,40-42,45,54,56,61H,8,10-11,13,16,18-19,22,25-30H2,1-7H3,(H,55,62)/t32-,40-,41-,42-,45-/m0/s1. The summed E-state index contributed by atoms with van der Waals surface area (Å²) in [6.07, 6.45) is 5.15. The zero-order valence-electron chi connectivity index (χ0n) is 40.2. The number of aromatic nitrogens is 2. The van der Waals surface area contributed by atoms with Gasteiger partial charge in [0.2, 0.25) is 11.8 Å². The van der Waals surface area contributed by atoms with E-state index in [-0.39, 0.29) is 60.0 Å². The number of nitrogens with one attached hydrogen (secondary N) is 3. The minimum atomic E-state index is -1.02. The van der Waals surface area contributed by atoms with Crippen molar-refractivity contribution < 1.29 is 33.8 Å². The van der Waals surface area contributed by atoms with E-state index in [2.05, 4.69) is 70.6 Å². The Morgan fingerprint density at radius 1 is 1.03 bits per heavy atom. The number of likely N-dealkylation sites (tertiary alicyclic amines) is 2. The molecule has 9 rings (SSSR count). The molecule has 4 N–H and O–H groups in total. The number of benzene rings is 2. The van der Waals surface area contributed by atoms with Crippen LogP contribution in [-0.4, -0.2) is 130 Å². The van der Waals surface area contributed by atoms with Crippen molar-refractivity contribution in [1.82, 2.24) is 40.4 Å². The Bertz CT molecular complexity index is 2540. The first-order chi connectivity index (χ1) is 32.1. The van der Waals surface area contributed by atoms with Gasteiger partial charge >= 0.3 is 5.97 Å². The molecule has 6 bridgehead atoms. The first kappa shape index (κ1) is 46.7. The number of nitrogens with zero attached hydrogens (tertiary/aromatic N) is 5. The number of esters is 1. The molecule has 0 saturated carbocycles. The van der Waals surface area contributed by atoms with E-state index in [1.54, 1.807) is 25.4 Å². The lowest BCUT2D eigenvalue weighted by Crippen LogP contribution is -2.67. The minimum absolute atomic E-state index is 0.0457. The Hall–Kier alpha value is -5.35. The molecule has 2 aromatic carbocycles. The van der Waals surface area contributed by atoms with Crippen molar-refractivity contribution >= 4 is 34.6 Å². The average Bonchev–Trinajstić information content (AvgIpc) is 4.11. The van der Waals surface area contributed by atoms with Gasteiger partial charge in [-0.15, -0.1) is 0 Å². The molecule has 4 saturated heterocycles. The van der Waals surface area contributed by atoms with Crippen LogP contribution in [0.25, 0.3) is 33.3 Å². The summed E-state index contributed by atoms with van der Waals surface area (Å²) in [4.78, 5) is 65.4. The van der Waals surface area contributed by atoms with Crippen molar-refractivity contribution in [2.75, 3.05) is 53.0 Å². The van der Waals surface area contributed by atoms with Crippen molar-refractivity contribution in [3.63, 3.8) is 0 Å². The molecule has 5 aliphatic heterocycles. The van der Waals surface area contributed by atoms with Crippen LogP contribution in [0.5, 0.6) is 5.75 Å². The summed E-state index contributed by atoms with van der Waals surface area (Å²) >= 11 is 0. The summed E-state index contributed by atoms with van der Waals surface area (Å²) in [5, 5.41) is 20.2. The number of cyclic esters (lactones) is 1. The van der Waals surface area contributed by atoms with Gasteiger partial charge in [0.05, 0.1) is 36.2 Å². The highest BCUT2D eigenvalue weighted by Gasteiger charge is 2.51. The van der Waals surface area contributed by atoms with Gasteiger partial charge in [-0.3, -0.25) is 34.1 Å². The van der Waals surface area contributed by atoms with Crippen LogP contribution >= 0.6 is 0 Å². The Morgan fingerprint density at radius 2 is 1.82 bits per heavy atom. The second kappa shape index (κ2) is 18.6. The summed E-state index contributed by atoms with van der Waals surface area (Å²) in [7, 11) is 1.69. The average molecular weight is 917 g/mol. The molecule has 5 atom stereocenters. The van der Waals surface area contributed by atoms with Crippen molar-refractivity contribution in [2.45, 2.75) is 117 Å². The Balaban J connectivity index is 1.09. The lowest BCUT2D eigenvalue weighted by molar-refractivity contribution is -0.155. The number of ether oxygens (including phenoxy) is 2. The monoisotopic (exact) mass is 917 g/mol. The van der Waals surface area contributed by atoms with E-state index < -0.39 is 29.5 Å². The highest BCUT2D eigenvalue weighted by atomic mass is 16.5. The maximum Gasteiger partial charge on any atom is 0.324 e. The molecular weight excluding hydrogens is 849 g/mol. The molecule has 5 aliphatic rings. The van der Waals surface area contributed by atoms with Gasteiger partial charge in [-0.05, 0) is 117 Å². The van der Waals surface area contributed by atoms with Gasteiger partial charge in [0, 0.05) is 86.3 Å². The van der Waals surface area contributed by atoms with E-state index in [1.165, 1.54) is 5.01 Å². The molecular formula is C52H68N8O7. The highest BCUT2D eigenvalue weighted by Crippen LogP contribution is 2.43. The smallest absolute Gasteiger partial charge is 0.324 e. The van der Waals surface area contributed by atoms with Gasteiger partial charge in [-0.1, -0.05) is 39.8 Å². The largest absolute Gasteiger partial charge is 0.508 e. The molecule has 67 heavy (non-hydrogen) atoms. The molecule has 15 nitrogen and oxygen atoms in total. The van der Waals surface area contributed by atoms with Gasteiger partial charge in [0.1, 0.15) is 17.8 Å². The molecule has 358 valence electrons. The summed E-state index contributed by atoms with van der Waals surface area (Å²) in [6, 6.07) is 13.4. The summed E-state index contributed by atoms with van der Waals surface area (Å²) in [6.45, 7) is 17.1. The van der Waals surface area contributed by atoms with Crippen LogP contribution in [-0.2, 0) is 48.0 Å². The molecule has 3 amide bonds. The summed E-state index contributed by atoms with van der Waals surface area (Å²) in [5.41, 5.74) is 9.90. The van der Waals surface area contributed by atoms with E-state index in [9.17, 15) is 24.3 Å². The fourth-order valence-corrected chi connectivity index (χ4v) is 11.3. The summed E-state index contributed by atoms with van der Waals surface area (Å²) < 4.78 is 14.3. The Labute approximate surface area is 393 Å². The number of aromatic hydroxyl groups is 1. The van der Waals surface area contributed by atoms with E-state index in [4.69, 9.17) is 14.5 Å². The molecule has 0 radical (unpaired) electrons. The van der Waals surface area contributed by atoms with Gasteiger partial charge in [-0.25, -0.2) is 5.43 Å². The number of piperidine rings is 1. The number of fused-ring (bicyclic) bond motifs is 6. The molecule has 0 aliphatic carbocycles. The number of rotatable bonds is 9. The van der Waals surface area contributed by atoms with Gasteiger partial charge in [-0.2, -0.15) is 0 Å². The fourth-order valence-electron chi connectivity index (χ4n) is 11.3. The lowest BCUT2D eigenvalue weighted by Gasteiger charge is -2.56. The van der Waals surface area contributed by atoms with Gasteiger partial charge < -0.3 is 34.7 Å². The zero-order chi connectivity index (χ0) is 47.4. The van der Waals surface area contributed by atoms with E-state index in [1.807, 2.05) is 37.8 Å². The number of methoxy groups -OCH3 is 1. The second-order valence-corrected chi connectivity index (χ2v) is 21.0. The van der Waals surface area contributed by atoms with Crippen LogP contribution in [0, 0.1) is 16.7 Å². The molecule has 1 spiro atoms. The summed E-state index contributed by atoms with van der Waals surface area (Å²) in [5.74, 6) is -0.914. The van der Waals surface area contributed by atoms with Crippen LogP contribution < -0.4 is 16.1 Å². The zero-order valence-corrected chi connectivity index (χ0v) is 40.2. The van der Waals surface area contributed by atoms with Crippen LogP contribution in [0.4, 0.5) is 0 Å². The molecule has 15 heteroatoms. The molecule has 4 fully saturated rings. The number of phenols is 1. The van der Waals surface area contributed by atoms with Crippen molar-refractivity contribution in [2.24, 2.45) is 16.7 Å². The molecule has 2 aromatic heterocycles. The maximum atomic E-state index is 14.8.